The van der Waals surface area contributed by atoms with Gasteiger partial charge in [0.2, 0.25) is 5.91 Å². The smallest absolute Gasteiger partial charge is 0.222 e. The number of rotatable bonds is 10. The third-order valence-electron chi connectivity index (χ3n) is 7.15. The second-order valence-corrected chi connectivity index (χ2v) is 12.0. The molecule has 1 amide bonds. The minimum absolute atomic E-state index is 0.0311. The highest BCUT2D eigenvalue weighted by Crippen LogP contribution is 2.39. The van der Waals surface area contributed by atoms with Crippen molar-refractivity contribution in [3.63, 3.8) is 0 Å². The summed E-state index contributed by atoms with van der Waals surface area (Å²) in [7, 11) is 0. The van der Waals surface area contributed by atoms with Crippen LogP contribution in [0, 0.1) is 20.8 Å². The van der Waals surface area contributed by atoms with Crippen molar-refractivity contribution >= 4 is 34.6 Å². The Balaban J connectivity index is 1.56. The molecule has 0 unspecified atom stereocenters. The lowest BCUT2D eigenvalue weighted by Crippen LogP contribution is -2.39. The highest BCUT2D eigenvalue weighted by molar-refractivity contribution is 7.15. The predicted molar refractivity (Wildman–Crippen MR) is 153 cm³/mol. The van der Waals surface area contributed by atoms with Gasteiger partial charge in [0.1, 0.15) is 16.9 Å². The van der Waals surface area contributed by atoms with Crippen molar-refractivity contribution in [2.75, 3.05) is 13.1 Å². The molecular weight excluding hydrogens is 504 g/mol. The van der Waals surface area contributed by atoms with Crippen LogP contribution < -0.4 is 10.6 Å². The van der Waals surface area contributed by atoms with Crippen LogP contribution in [-0.2, 0) is 4.79 Å². The number of hydrogen-bond donors (Lipinski definition) is 2. The zero-order valence-corrected chi connectivity index (χ0v) is 24.2. The first-order valence-corrected chi connectivity index (χ1v) is 14.2. The summed E-state index contributed by atoms with van der Waals surface area (Å²) in [5.41, 5.74) is 4.23. The van der Waals surface area contributed by atoms with Gasteiger partial charge in [-0.05, 0) is 78.1 Å². The number of nitrogens with zero attached hydrogens (tertiary/aromatic N) is 4. The van der Waals surface area contributed by atoms with Gasteiger partial charge in [-0.2, -0.15) is 0 Å². The monoisotopic (exact) mass is 540 g/mol. The van der Waals surface area contributed by atoms with Gasteiger partial charge in [0, 0.05) is 33.1 Å². The Kier molecular flexibility index (Phi) is 8.51. The van der Waals surface area contributed by atoms with Crippen molar-refractivity contribution < 1.29 is 4.79 Å². The summed E-state index contributed by atoms with van der Waals surface area (Å²) in [6, 6.07) is 7.28. The number of amides is 1. The number of hydrogen-bond acceptors (Lipinski definition) is 6. The summed E-state index contributed by atoms with van der Waals surface area (Å²) in [4.78, 5) is 19.4. The number of thiophene rings is 1. The molecule has 4 rings (SSSR count). The zero-order valence-electron chi connectivity index (χ0n) is 22.6. The third-order valence-corrected chi connectivity index (χ3v) is 8.59. The van der Waals surface area contributed by atoms with Crippen molar-refractivity contribution in [3.8, 4) is 5.00 Å². The first-order chi connectivity index (χ1) is 17.6. The number of halogens is 1. The van der Waals surface area contributed by atoms with Crippen molar-refractivity contribution in [2.45, 2.75) is 78.8 Å². The lowest BCUT2D eigenvalue weighted by Gasteiger charge is -2.24. The van der Waals surface area contributed by atoms with Crippen LogP contribution in [-0.4, -0.2) is 45.0 Å². The molecule has 0 radical (unpaired) electrons. The zero-order chi connectivity index (χ0) is 26.7. The molecule has 1 atom stereocenters. The summed E-state index contributed by atoms with van der Waals surface area (Å²) in [6.07, 6.45) is 3.23. The van der Waals surface area contributed by atoms with Crippen molar-refractivity contribution in [3.05, 3.63) is 62.5 Å². The van der Waals surface area contributed by atoms with E-state index in [-0.39, 0.29) is 17.9 Å². The Morgan fingerprint density at radius 1 is 1.11 bits per heavy atom. The van der Waals surface area contributed by atoms with E-state index in [2.05, 4.69) is 60.0 Å². The van der Waals surface area contributed by atoms with Crippen LogP contribution in [0.3, 0.4) is 0 Å². The van der Waals surface area contributed by atoms with E-state index >= 15 is 0 Å². The Morgan fingerprint density at radius 2 is 1.81 bits per heavy atom. The second kappa shape index (κ2) is 11.5. The maximum atomic E-state index is 13.0. The number of aromatic nitrogens is 3. The molecule has 0 saturated heterocycles. The van der Waals surface area contributed by atoms with Crippen LogP contribution >= 0.6 is 22.9 Å². The fraction of sp³-hybridized carbons (Fsp3) is 0.500. The van der Waals surface area contributed by atoms with Gasteiger partial charge in [-0.25, -0.2) is 0 Å². The van der Waals surface area contributed by atoms with E-state index in [4.69, 9.17) is 16.6 Å². The van der Waals surface area contributed by atoms with Gasteiger partial charge in [0.25, 0.3) is 0 Å². The molecule has 1 aliphatic heterocycles. The molecule has 198 valence electrons. The summed E-state index contributed by atoms with van der Waals surface area (Å²) >= 11 is 7.89. The summed E-state index contributed by atoms with van der Waals surface area (Å²) in [6.45, 7) is 14.4. The van der Waals surface area contributed by atoms with E-state index in [1.165, 1.54) is 10.4 Å². The molecule has 0 aliphatic carbocycles. The SMILES string of the molecule is CCC(C)(C)NCCCCNC(=O)C[C@@H]1N=C(c2ccc(Cl)cc2)c2c(sc(C)c2C)-n2c(C)nnc21. The molecule has 3 aromatic rings. The van der Waals surface area contributed by atoms with E-state index in [1.54, 1.807) is 11.3 Å². The first-order valence-electron chi connectivity index (χ1n) is 13.0. The Morgan fingerprint density at radius 3 is 2.51 bits per heavy atom. The average Bonchev–Trinajstić information content (AvgIpc) is 3.34. The quantitative estimate of drug-likeness (QED) is 0.315. The van der Waals surface area contributed by atoms with Crippen LogP contribution in [0.2, 0.25) is 5.02 Å². The van der Waals surface area contributed by atoms with E-state index in [9.17, 15) is 4.79 Å². The van der Waals surface area contributed by atoms with Crippen molar-refractivity contribution in [1.29, 1.82) is 0 Å². The number of benzene rings is 1. The number of nitrogens with one attached hydrogen (secondary N) is 2. The van der Waals surface area contributed by atoms with Crippen LogP contribution in [0.25, 0.3) is 5.00 Å². The predicted octanol–water partition coefficient (Wildman–Crippen LogP) is 5.86. The molecule has 0 saturated carbocycles. The number of fused-ring (bicyclic) bond motifs is 3. The normalized spacial score (nSPS) is 15.1. The van der Waals surface area contributed by atoms with Crippen LogP contribution in [0.4, 0.5) is 0 Å². The fourth-order valence-electron chi connectivity index (χ4n) is 4.41. The molecule has 0 bridgehead atoms. The minimum Gasteiger partial charge on any atom is -0.356 e. The highest BCUT2D eigenvalue weighted by Gasteiger charge is 2.32. The molecule has 37 heavy (non-hydrogen) atoms. The second-order valence-electron chi connectivity index (χ2n) is 10.3. The molecule has 7 nitrogen and oxygen atoms in total. The van der Waals surface area contributed by atoms with Gasteiger partial charge < -0.3 is 10.6 Å². The van der Waals surface area contributed by atoms with Crippen LogP contribution in [0.15, 0.2) is 29.3 Å². The highest BCUT2D eigenvalue weighted by atomic mass is 35.5. The van der Waals surface area contributed by atoms with Gasteiger partial charge in [-0.15, -0.1) is 21.5 Å². The standard InChI is InChI=1S/C28H37ClN6OS/c1-7-28(5,6)31-15-9-8-14-30-23(36)16-22-26-34-33-19(4)35(26)27-24(17(2)18(3)37-27)25(32-22)20-10-12-21(29)13-11-20/h10-13,22,31H,7-9,14-16H2,1-6H3,(H,30,36)/t22-/m0/s1. The third kappa shape index (κ3) is 6.13. The lowest BCUT2D eigenvalue weighted by molar-refractivity contribution is -0.121. The minimum atomic E-state index is -0.446. The first kappa shape index (κ1) is 27.5. The molecule has 2 aromatic heterocycles. The summed E-state index contributed by atoms with van der Waals surface area (Å²) in [5, 5.41) is 17.2. The summed E-state index contributed by atoms with van der Waals surface area (Å²) < 4.78 is 2.07. The topological polar surface area (TPSA) is 84.2 Å². The lowest BCUT2D eigenvalue weighted by atomic mass is 9.99. The fourth-order valence-corrected chi connectivity index (χ4v) is 5.75. The molecule has 9 heteroatoms. The number of carbonyl (C=O) groups excluding carboxylic acids is 1. The number of carbonyl (C=O) groups is 1. The molecule has 0 fully saturated rings. The van der Waals surface area contributed by atoms with Crippen molar-refractivity contribution in [1.82, 2.24) is 25.4 Å². The van der Waals surface area contributed by atoms with Gasteiger partial charge in [-0.3, -0.25) is 14.4 Å². The molecular formula is C28H37ClN6OS. The number of unbranched alkanes of at least 4 members (excludes halogenated alkanes) is 1. The Hall–Kier alpha value is -2.55. The Bertz CT molecular complexity index is 1290. The number of aliphatic imine (C=N–C) groups is 1. The molecule has 3 heterocycles. The largest absolute Gasteiger partial charge is 0.356 e. The maximum absolute atomic E-state index is 13.0. The van der Waals surface area contributed by atoms with E-state index in [0.29, 0.717) is 17.4 Å². The van der Waals surface area contributed by atoms with E-state index < -0.39 is 6.04 Å². The maximum Gasteiger partial charge on any atom is 0.222 e. The van der Waals surface area contributed by atoms with E-state index in [0.717, 1.165) is 53.5 Å². The van der Waals surface area contributed by atoms with Gasteiger partial charge in [0.15, 0.2) is 5.82 Å². The van der Waals surface area contributed by atoms with Gasteiger partial charge >= 0.3 is 0 Å². The molecule has 0 spiro atoms. The average molecular weight is 541 g/mol. The van der Waals surface area contributed by atoms with Crippen molar-refractivity contribution in [2.24, 2.45) is 4.99 Å². The van der Waals surface area contributed by atoms with Gasteiger partial charge in [0.05, 0.1) is 12.1 Å². The van der Waals surface area contributed by atoms with E-state index in [1.807, 2.05) is 31.2 Å². The van der Waals surface area contributed by atoms with Crippen LogP contribution in [0.5, 0.6) is 0 Å². The summed E-state index contributed by atoms with van der Waals surface area (Å²) in [5.74, 6) is 1.46. The molecule has 2 N–H and O–H groups in total. The van der Waals surface area contributed by atoms with Crippen LogP contribution in [0.1, 0.15) is 85.7 Å². The van der Waals surface area contributed by atoms with Gasteiger partial charge in [-0.1, -0.05) is 30.7 Å². The number of aryl methyl sites for hydroxylation is 2. The molecule has 1 aromatic carbocycles. The Labute approximate surface area is 228 Å². The molecule has 1 aliphatic rings.